The Bertz CT molecular complexity index is 1330. The number of carbonyl (C=O) groups is 1. The topological polar surface area (TPSA) is 74.8 Å². The Balaban J connectivity index is 1.09. The standard InChI is InChI=1S/C30H33N5O2/c1-21-26(30(33-37-21)23-7-3-2-4-8-23)19-34-14-5-6-22(18-34)16-28(36)35-15-11-25-17-32-29(27(25)20-35)24-9-12-31-13-10-24/h2-4,7-10,12-13,22H,5-6,11,14-20H2,1H3/t22-/m0/s1. The molecule has 0 aliphatic carbocycles. The summed E-state index contributed by atoms with van der Waals surface area (Å²) in [7, 11) is 0. The first kappa shape index (κ1) is 23.8. The number of amides is 1. The van der Waals surface area contributed by atoms with Gasteiger partial charge in [0.05, 0.1) is 12.3 Å². The monoisotopic (exact) mass is 495 g/mol. The molecule has 0 unspecified atom stereocenters. The molecule has 5 heterocycles. The number of pyridine rings is 1. The van der Waals surface area contributed by atoms with Crippen LogP contribution in [-0.4, -0.2) is 64.3 Å². The van der Waals surface area contributed by atoms with E-state index in [0.29, 0.717) is 18.9 Å². The number of aryl methyl sites for hydroxylation is 1. The van der Waals surface area contributed by atoms with Gasteiger partial charge in [0.25, 0.3) is 0 Å². The Morgan fingerprint density at radius 3 is 2.76 bits per heavy atom. The summed E-state index contributed by atoms with van der Waals surface area (Å²) in [5.41, 5.74) is 7.92. The number of aromatic nitrogens is 2. The number of aliphatic imine (C=N–C) groups is 1. The average molecular weight is 496 g/mol. The average Bonchev–Trinajstić information content (AvgIpc) is 3.53. The van der Waals surface area contributed by atoms with Gasteiger partial charge >= 0.3 is 0 Å². The highest BCUT2D eigenvalue weighted by Crippen LogP contribution is 2.31. The maximum atomic E-state index is 13.4. The van der Waals surface area contributed by atoms with Crippen molar-refractivity contribution in [1.82, 2.24) is 19.9 Å². The van der Waals surface area contributed by atoms with Crippen molar-refractivity contribution < 1.29 is 9.32 Å². The molecular weight excluding hydrogens is 462 g/mol. The Kier molecular flexibility index (Phi) is 6.70. The van der Waals surface area contributed by atoms with Crippen molar-refractivity contribution in [3.63, 3.8) is 0 Å². The number of benzene rings is 1. The van der Waals surface area contributed by atoms with Crippen LogP contribution in [0.5, 0.6) is 0 Å². The van der Waals surface area contributed by atoms with Gasteiger partial charge in [-0.05, 0) is 61.9 Å². The molecule has 1 aromatic carbocycles. The Morgan fingerprint density at radius 1 is 1.08 bits per heavy atom. The van der Waals surface area contributed by atoms with E-state index < -0.39 is 0 Å². The van der Waals surface area contributed by atoms with E-state index in [1.807, 2.05) is 37.3 Å². The highest BCUT2D eigenvalue weighted by molar-refractivity contribution is 6.15. The van der Waals surface area contributed by atoms with E-state index in [2.05, 4.69) is 32.1 Å². The minimum absolute atomic E-state index is 0.269. The first-order chi connectivity index (χ1) is 18.2. The zero-order valence-corrected chi connectivity index (χ0v) is 21.4. The largest absolute Gasteiger partial charge is 0.361 e. The summed E-state index contributed by atoms with van der Waals surface area (Å²) in [6.07, 6.45) is 7.35. The second kappa shape index (κ2) is 10.4. The van der Waals surface area contributed by atoms with Gasteiger partial charge in [-0.3, -0.25) is 19.7 Å². The molecule has 37 heavy (non-hydrogen) atoms. The predicted octanol–water partition coefficient (Wildman–Crippen LogP) is 4.68. The number of hydrogen-bond donors (Lipinski definition) is 0. The molecule has 3 aromatic rings. The normalized spacial score (nSPS) is 20.2. The van der Waals surface area contributed by atoms with Gasteiger partial charge in [-0.2, -0.15) is 0 Å². The number of carbonyl (C=O) groups excluding carboxylic acids is 1. The van der Waals surface area contributed by atoms with E-state index in [0.717, 1.165) is 85.8 Å². The first-order valence-corrected chi connectivity index (χ1v) is 13.3. The molecule has 0 N–H and O–H groups in total. The summed E-state index contributed by atoms with van der Waals surface area (Å²) in [6.45, 7) is 6.99. The van der Waals surface area contributed by atoms with Crippen LogP contribution in [0.4, 0.5) is 0 Å². The predicted molar refractivity (Wildman–Crippen MR) is 143 cm³/mol. The van der Waals surface area contributed by atoms with Crippen LogP contribution in [0, 0.1) is 12.8 Å². The second-order valence-corrected chi connectivity index (χ2v) is 10.4. The highest BCUT2D eigenvalue weighted by Gasteiger charge is 2.31. The third-order valence-electron chi connectivity index (χ3n) is 7.96. The van der Waals surface area contributed by atoms with E-state index in [9.17, 15) is 4.79 Å². The summed E-state index contributed by atoms with van der Waals surface area (Å²) < 4.78 is 5.58. The number of nitrogens with zero attached hydrogens (tertiary/aromatic N) is 5. The van der Waals surface area contributed by atoms with E-state index in [4.69, 9.17) is 9.52 Å². The van der Waals surface area contributed by atoms with Gasteiger partial charge < -0.3 is 9.42 Å². The van der Waals surface area contributed by atoms with Crippen molar-refractivity contribution in [3.8, 4) is 11.3 Å². The van der Waals surface area contributed by atoms with Gasteiger partial charge in [0.1, 0.15) is 11.5 Å². The maximum Gasteiger partial charge on any atom is 0.223 e. The van der Waals surface area contributed by atoms with Crippen LogP contribution >= 0.6 is 0 Å². The van der Waals surface area contributed by atoms with E-state index in [-0.39, 0.29) is 5.91 Å². The molecule has 0 spiro atoms. The van der Waals surface area contributed by atoms with Crippen LogP contribution in [0.1, 0.15) is 42.6 Å². The van der Waals surface area contributed by atoms with E-state index in [1.165, 1.54) is 11.1 Å². The number of likely N-dealkylation sites (tertiary alicyclic amines) is 1. The van der Waals surface area contributed by atoms with E-state index in [1.54, 1.807) is 12.4 Å². The molecule has 0 radical (unpaired) electrons. The minimum Gasteiger partial charge on any atom is -0.361 e. The Labute approximate surface area is 217 Å². The number of piperidine rings is 1. The smallest absolute Gasteiger partial charge is 0.223 e. The minimum atomic E-state index is 0.269. The van der Waals surface area contributed by atoms with Crippen LogP contribution < -0.4 is 0 Å². The molecule has 7 heteroatoms. The van der Waals surface area contributed by atoms with E-state index >= 15 is 0 Å². The lowest BCUT2D eigenvalue weighted by atomic mass is 9.92. The third kappa shape index (κ3) is 5.01. The zero-order valence-electron chi connectivity index (χ0n) is 21.4. The Hall–Kier alpha value is -3.58. The summed E-state index contributed by atoms with van der Waals surface area (Å²) in [4.78, 5) is 26.9. The van der Waals surface area contributed by atoms with Crippen molar-refractivity contribution >= 4 is 11.6 Å². The summed E-state index contributed by atoms with van der Waals surface area (Å²) in [6, 6.07) is 14.2. The van der Waals surface area contributed by atoms with Crippen molar-refractivity contribution in [2.45, 2.75) is 39.2 Å². The van der Waals surface area contributed by atoms with Crippen molar-refractivity contribution in [2.24, 2.45) is 10.9 Å². The molecule has 1 atom stereocenters. The molecule has 2 aromatic heterocycles. The van der Waals surface area contributed by atoms with Crippen molar-refractivity contribution in [3.05, 3.63) is 82.9 Å². The van der Waals surface area contributed by atoms with Gasteiger partial charge in [0.2, 0.25) is 5.91 Å². The fraction of sp³-hybridized carbons (Fsp3) is 0.400. The summed E-state index contributed by atoms with van der Waals surface area (Å²) >= 11 is 0. The molecule has 7 nitrogen and oxygen atoms in total. The summed E-state index contributed by atoms with van der Waals surface area (Å²) in [5, 5.41) is 4.35. The molecule has 0 saturated carbocycles. The highest BCUT2D eigenvalue weighted by atomic mass is 16.5. The lowest BCUT2D eigenvalue weighted by Crippen LogP contribution is -2.41. The maximum absolute atomic E-state index is 13.4. The molecule has 1 fully saturated rings. The van der Waals surface area contributed by atoms with Gasteiger partial charge in [0, 0.05) is 61.7 Å². The zero-order chi connectivity index (χ0) is 25.2. The van der Waals surface area contributed by atoms with Crippen molar-refractivity contribution in [1.29, 1.82) is 0 Å². The Morgan fingerprint density at radius 2 is 1.92 bits per heavy atom. The molecule has 1 saturated heterocycles. The molecule has 3 aliphatic rings. The first-order valence-electron chi connectivity index (χ1n) is 13.3. The second-order valence-electron chi connectivity index (χ2n) is 10.4. The molecule has 0 bridgehead atoms. The lowest BCUT2D eigenvalue weighted by molar-refractivity contribution is -0.132. The fourth-order valence-corrected chi connectivity index (χ4v) is 5.94. The van der Waals surface area contributed by atoms with Gasteiger partial charge in [-0.15, -0.1) is 0 Å². The van der Waals surface area contributed by atoms with Crippen LogP contribution in [0.15, 0.2) is 75.5 Å². The van der Waals surface area contributed by atoms with Crippen LogP contribution in [0.25, 0.3) is 11.3 Å². The number of rotatable bonds is 6. The molecule has 3 aliphatic heterocycles. The van der Waals surface area contributed by atoms with Crippen LogP contribution in [0.3, 0.4) is 0 Å². The SMILES string of the molecule is Cc1onc(-c2ccccc2)c1CN1CCC[C@@H](CC(=O)N2CCC3=C(C2)C(c2ccncc2)=NC3)C1. The third-order valence-corrected chi connectivity index (χ3v) is 7.96. The van der Waals surface area contributed by atoms with Gasteiger partial charge in [-0.25, -0.2) is 0 Å². The van der Waals surface area contributed by atoms with Crippen molar-refractivity contribution in [2.75, 3.05) is 32.7 Å². The molecule has 1 amide bonds. The quantitative estimate of drug-likeness (QED) is 0.496. The lowest BCUT2D eigenvalue weighted by Gasteiger charge is -2.35. The van der Waals surface area contributed by atoms with Gasteiger partial charge in [0.15, 0.2) is 0 Å². The summed E-state index contributed by atoms with van der Waals surface area (Å²) in [5.74, 6) is 1.51. The van der Waals surface area contributed by atoms with Crippen LogP contribution in [0.2, 0.25) is 0 Å². The number of hydrogen-bond acceptors (Lipinski definition) is 6. The molecule has 6 rings (SSSR count). The van der Waals surface area contributed by atoms with Crippen LogP contribution in [-0.2, 0) is 11.3 Å². The van der Waals surface area contributed by atoms with Gasteiger partial charge in [-0.1, -0.05) is 35.5 Å². The molecular formula is C30H33N5O2. The molecule has 190 valence electrons. The fourth-order valence-electron chi connectivity index (χ4n) is 5.94.